The molecule has 1 unspecified atom stereocenters. The van der Waals surface area contributed by atoms with Crippen LogP contribution in [0, 0.1) is 0 Å². The second kappa shape index (κ2) is 10.3. The average molecular weight is 484 g/mol. The van der Waals surface area contributed by atoms with Gasteiger partial charge in [-0.15, -0.1) is 16.9 Å². The van der Waals surface area contributed by atoms with E-state index in [1.807, 2.05) is 0 Å². The van der Waals surface area contributed by atoms with E-state index < -0.39 is 23.3 Å². The Balaban J connectivity index is 0.00000289. The molecule has 2 aliphatic heterocycles. The number of carboxylic acid groups (broad SMARTS) is 1. The van der Waals surface area contributed by atoms with Gasteiger partial charge in [0.05, 0.1) is 18.1 Å². The zero-order chi connectivity index (χ0) is 22.1. The minimum Gasteiger partial charge on any atom is -0.543 e. The molecule has 0 bridgehead atoms. The van der Waals surface area contributed by atoms with E-state index in [9.17, 15) is 24.6 Å². The Morgan fingerprint density at radius 3 is 2.69 bits per heavy atom. The molecule has 0 saturated carbocycles. The van der Waals surface area contributed by atoms with Crippen molar-refractivity contribution < 1.29 is 54.2 Å². The minimum atomic E-state index is -1.43. The maximum Gasteiger partial charge on any atom is 1.00 e. The third kappa shape index (κ3) is 4.96. The monoisotopic (exact) mass is 484 g/mol. The number of aromatic hydroxyl groups is 1. The molecule has 2 atom stereocenters. The normalized spacial score (nSPS) is 19.7. The number of nitrogens with zero attached hydrogens (tertiary/aromatic N) is 5. The van der Waals surface area contributed by atoms with E-state index in [2.05, 4.69) is 20.8 Å². The Morgan fingerprint density at radius 2 is 2.06 bits per heavy atom. The molecule has 2 aromatic rings. The number of carbonyl (C=O) groups excluding carboxylic acids is 3. The summed E-state index contributed by atoms with van der Waals surface area (Å²) in [5, 5.41) is 34.9. The Hall–Kier alpha value is -2.06. The Morgan fingerprint density at radius 1 is 1.34 bits per heavy atom. The summed E-state index contributed by atoms with van der Waals surface area (Å²) in [6.45, 7) is 0. The van der Waals surface area contributed by atoms with Gasteiger partial charge in [-0.05, 0) is 33.7 Å². The van der Waals surface area contributed by atoms with Crippen molar-refractivity contribution in [1.82, 2.24) is 30.4 Å². The number of phenols is 1. The summed E-state index contributed by atoms with van der Waals surface area (Å²) >= 11 is 2.64. The van der Waals surface area contributed by atoms with E-state index in [1.165, 1.54) is 45.2 Å². The number of thioether (sulfide) groups is 2. The number of aryl methyl sites for hydroxylation is 1. The molecule has 0 radical (unpaired) electrons. The Labute approximate surface area is 213 Å². The van der Waals surface area contributed by atoms with Gasteiger partial charge >= 0.3 is 29.6 Å². The summed E-state index contributed by atoms with van der Waals surface area (Å²) in [4.78, 5) is 38.0. The number of carboxylic acids is 1. The number of fused-ring (bicyclic) bond motifs is 1. The largest absolute Gasteiger partial charge is 1.00 e. The van der Waals surface area contributed by atoms with Crippen molar-refractivity contribution in [3.05, 3.63) is 41.1 Å². The maximum atomic E-state index is 12.7. The molecule has 1 aromatic carbocycles. The number of β-lactam (4-membered cyclic amide) rings is 1. The third-order valence-corrected chi connectivity index (χ3v) is 7.25. The second-order valence-electron chi connectivity index (χ2n) is 6.91. The van der Waals surface area contributed by atoms with Crippen LogP contribution in [0.25, 0.3) is 0 Å². The number of hydrogen-bond acceptors (Lipinski definition) is 10. The van der Waals surface area contributed by atoms with Crippen LogP contribution < -0.4 is 40.0 Å². The molecule has 11 nitrogen and oxygen atoms in total. The molecule has 0 spiro atoms. The zero-order valence-electron chi connectivity index (χ0n) is 17.2. The first-order valence-electron chi connectivity index (χ1n) is 9.15. The second-order valence-corrected chi connectivity index (χ2v) is 8.96. The molecule has 1 fully saturated rings. The van der Waals surface area contributed by atoms with Gasteiger partial charge in [0, 0.05) is 18.6 Å². The number of amides is 2. The number of benzene rings is 1. The van der Waals surface area contributed by atoms with E-state index in [0.29, 0.717) is 27.8 Å². The fourth-order valence-electron chi connectivity index (χ4n) is 3.30. The van der Waals surface area contributed by atoms with Gasteiger partial charge in [-0.2, -0.15) is 0 Å². The van der Waals surface area contributed by atoms with Crippen molar-refractivity contribution in [3.8, 4) is 5.75 Å². The molecular weight excluding hydrogens is 467 g/mol. The molecule has 2 N–H and O–H groups in total. The number of aromatic nitrogens is 4. The molecular formula is C18H17N6NaO5S2. The van der Waals surface area contributed by atoms with Crippen LogP contribution in [-0.2, 0) is 27.9 Å². The number of hydrogen-bond donors (Lipinski definition) is 2. The van der Waals surface area contributed by atoms with Crippen molar-refractivity contribution >= 4 is 41.3 Å². The van der Waals surface area contributed by atoms with Crippen LogP contribution in [0.3, 0.4) is 0 Å². The van der Waals surface area contributed by atoms with Crippen LogP contribution in [0.4, 0.5) is 0 Å². The van der Waals surface area contributed by atoms with Crippen LogP contribution in [0.15, 0.2) is 40.7 Å². The number of nitrogens with one attached hydrogen (secondary N) is 1. The van der Waals surface area contributed by atoms with Gasteiger partial charge in [0.1, 0.15) is 17.2 Å². The number of aliphatic carboxylic acids is 1. The number of carbonyl (C=O) groups is 3. The van der Waals surface area contributed by atoms with Crippen molar-refractivity contribution in [2.45, 2.75) is 23.0 Å². The Kier molecular flexibility index (Phi) is 7.88. The molecule has 162 valence electrons. The minimum absolute atomic E-state index is 0. The van der Waals surface area contributed by atoms with Gasteiger partial charge in [0.15, 0.2) is 0 Å². The summed E-state index contributed by atoms with van der Waals surface area (Å²) in [6.07, 6.45) is 0.0399. The molecule has 14 heteroatoms. The maximum absolute atomic E-state index is 12.7. The molecule has 32 heavy (non-hydrogen) atoms. The molecule has 1 aromatic heterocycles. The number of rotatable bonds is 7. The predicted molar refractivity (Wildman–Crippen MR) is 108 cm³/mol. The third-order valence-electron chi connectivity index (χ3n) is 4.81. The molecule has 3 heterocycles. The summed E-state index contributed by atoms with van der Waals surface area (Å²) in [5.41, 5.74) is 1.07. The topological polar surface area (TPSA) is 153 Å². The van der Waals surface area contributed by atoms with Crippen molar-refractivity contribution in [3.63, 3.8) is 0 Å². The first kappa shape index (κ1) is 24.6. The van der Waals surface area contributed by atoms with Crippen molar-refractivity contribution in [2.24, 2.45) is 7.05 Å². The van der Waals surface area contributed by atoms with Crippen molar-refractivity contribution in [1.29, 1.82) is 0 Å². The van der Waals surface area contributed by atoms with E-state index in [0.717, 1.165) is 0 Å². The number of tetrazole rings is 1. The van der Waals surface area contributed by atoms with Crippen LogP contribution in [0.2, 0.25) is 0 Å². The average Bonchev–Trinajstić information content (AvgIpc) is 3.16. The first-order valence-corrected chi connectivity index (χ1v) is 11.2. The summed E-state index contributed by atoms with van der Waals surface area (Å²) in [6, 6.07) is 5.38. The van der Waals surface area contributed by atoms with Gasteiger partial charge in [-0.3, -0.25) is 14.5 Å². The smallest absolute Gasteiger partial charge is 0.543 e. The van der Waals surface area contributed by atoms with Gasteiger partial charge in [0.25, 0.3) is 5.91 Å². The number of phenolic OH excluding ortho intramolecular Hbond substituents is 1. The first-order chi connectivity index (χ1) is 14.8. The predicted octanol–water partition coefficient (Wildman–Crippen LogP) is -4.34. The van der Waals surface area contributed by atoms with Crippen LogP contribution in [-0.4, -0.2) is 70.9 Å². The molecule has 2 amide bonds. The van der Waals surface area contributed by atoms with Gasteiger partial charge < -0.3 is 20.3 Å². The van der Waals surface area contributed by atoms with Gasteiger partial charge in [-0.1, -0.05) is 23.9 Å². The molecule has 1 saturated heterocycles. The van der Waals surface area contributed by atoms with E-state index in [4.69, 9.17) is 0 Å². The van der Waals surface area contributed by atoms with E-state index in [1.54, 1.807) is 19.2 Å². The summed E-state index contributed by atoms with van der Waals surface area (Å²) < 4.78 is 1.47. The standard InChI is InChI=1S/C18H18N6O5S2.Na/c1-23-18(20-21-22-23)31-8-10-7-30-16-13(15(27)24(16)14(10)17(28)29)19-12(26)6-9-2-4-11(25)5-3-9;/h2-5,13,16,25H,6-8H2,1H3,(H,19,26)(H,28,29);/q;+1/p-1/t13-,16?;/m1./s1. The summed E-state index contributed by atoms with van der Waals surface area (Å²) in [5.74, 6) is -1.52. The quantitative estimate of drug-likeness (QED) is 0.224. The van der Waals surface area contributed by atoms with E-state index >= 15 is 0 Å². The Bertz CT molecular complexity index is 1080. The fourth-order valence-corrected chi connectivity index (χ4v) is 5.64. The van der Waals surface area contributed by atoms with Crippen molar-refractivity contribution in [2.75, 3.05) is 11.5 Å². The van der Waals surface area contributed by atoms with Crippen LogP contribution >= 0.6 is 23.5 Å². The molecule has 4 rings (SSSR count). The van der Waals surface area contributed by atoms with E-state index in [-0.39, 0.29) is 53.3 Å². The zero-order valence-corrected chi connectivity index (χ0v) is 20.9. The van der Waals surface area contributed by atoms with Crippen LogP contribution in [0.1, 0.15) is 5.56 Å². The fraction of sp³-hybridized carbons (Fsp3) is 0.333. The van der Waals surface area contributed by atoms with Gasteiger partial charge in [-0.25, -0.2) is 4.68 Å². The SMILES string of the molecule is Cn1nnnc1SCC1=C(C(=O)[O-])N2C(=O)[C@@H](NC(=O)Cc3ccc(O)cc3)C2SC1.[Na+]. The molecule has 2 aliphatic rings. The van der Waals surface area contributed by atoms with Gasteiger partial charge in [0.2, 0.25) is 11.1 Å². The van der Waals surface area contributed by atoms with Crippen LogP contribution in [0.5, 0.6) is 5.75 Å². The molecule has 0 aliphatic carbocycles. The summed E-state index contributed by atoms with van der Waals surface area (Å²) in [7, 11) is 1.67.